The molecule has 0 aliphatic heterocycles. The van der Waals surface area contributed by atoms with Crippen LogP contribution < -0.4 is 5.56 Å². The third-order valence-electron chi connectivity index (χ3n) is 4.49. The van der Waals surface area contributed by atoms with Crippen molar-refractivity contribution in [3.63, 3.8) is 0 Å². The Morgan fingerprint density at radius 3 is 2.61 bits per heavy atom. The number of hydrogen-bond acceptors (Lipinski definition) is 4. The number of benzene rings is 1. The van der Waals surface area contributed by atoms with Gasteiger partial charge in [0, 0.05) is 29.8 Å². The van der Waals surface area contributed by atoms with Gasteiger partial charge in [-0.3, -0.25) is 4.79 Å². The van der Waals surface area contributed by atoms with Gasteiger partial charge in [0.15, 0.2) is 28.7 Å². The Bertz CT molecular complexity index is 1260. The van der Waals surface area contributed by atoms with E-state index in [0.29, 0.717) is 23.5 Å². The first-order valence-electron chi connectivity index (χ1n) is 8.71. The molecule has 0 atom stereocenters. The molecule has 0 aliphatic rings. The first kappa shape index (κ1) is 18.1. The van der Waals surface area contributed by atoms with E-state index < -0.39 is 23.0 Å². The molecule has 0 saturated carbocycles. The fourth-order valence-corrected chi connectivity index (χ4v) is 3.25. The summed E-state index contributed by atoms with van der Waals surface area (Å²) in [5, 5.41) is 0.0808. The van der Waals surface area contributed by atoms with Gasteiger partial charge >= 0.3 is 0 Å². The van der Waals surface area contributed by atoms with E-state index in [-0.39, 0.29) is 28.9 Å². The number of pyridine rings is 1. The first-order valence-corrected chi connectivity index (χ1v) is 8.71. The third-order valence-corrected chi connectivity index (χ3v) is 4.49. The van der Waals surface area contributed by atoms with E-state index in [2.05, 4.69) is 19.9 Å². The molecule has 0 fully saturated rings. The van der Waals surface area contributed by atoms with E-state index in [1.807, 2.05) is 13.8 Å². The summed E-state index contributed by atoms with van der Waals surface area (Å²) >= 11 is 0. The first-order chi connectivity index (χ1) is 13.4. The summed E-state index contributed by atoms with van der Waals surface area (Å²) in [6.45, 7) is 3.90. The van der Waals surface area contributed by atoms with Crippen molar-refractivity contribution in [1.29, 1.82) is 0 Å². The van der Waals surface area contributed by atoms with E-state index in [1.165, 1.54) is 18.5 Å². The minimum atomic E-state index is -1.23. The van der Waals surface area contributed by atoms with Gasteiger partial charge in [-0.2, -0.15) is 0 Å². The second kappa shape index (κ2) is 6.74. The largest absolute Gasteiger partial charge is 0.317 e. The van der Waals surface area contributed by atoms with Crippen LogP contribution >= 0.6 is 0 Å². The van der Waals surface area contributed by atoms with Crippen molar-refractivity contribution in [2.75, 3.05) is 0 Å². The van der Waals surface area contributed by atoms with Crippen molar-refractivity contribution >= 4 is 22.2 Å². The zero-order chi connectivity index (χ0) is 20.0. The smallest absolute Gasteiger partial charge is 0.284 e. The van der Waals surface area contributed by atoms with Crippen molar-refractivity contribution in [1.82, 2.24) is 24.5 Å². The van der Waals surface area contributed by atoms with Gasteiger partial charge in [0.2, 0.25) is 0 Å². The molecule has 4 rings (SSSR count). The zero-order valence-corrected chi connectivity index (χ0v) is 15.1. The molecule has 0 spiro atoms. The lowest BCUT2D eigenvalue weighted by Gasteiger charge is -2.13. The predicted octanol–water partition coefficient (Wildman–Crippen LogP) is 3.33. The Morgan fingerprint density at radius 1 is 1.11 bits per heavy atom. The van der Waals surface area contributed by atoms with Gasteiger partial charge in [0.1, 0.15) is 5.82 Å². The summed E-state index contributed by atoms with van der Waals surface area (Å²) in [5.74, 6) is -2.54. The van der Waals surface area contributed by atoms with Crippen molar-refractivity contribution in [2.24, 2.45) is 5.92 Å². The van der Waals surface area contributed by atoms with Crippen LogP contribution in [0.2, 0.25) is 0 Å². The molecule has 0 amide bonds. The molecule has 28 heavy (non-hydrogen) atoms. The molecule has 3 heterocycles. The average Bonchev–Trinajstić information content (AvgIpc) is 2.99. The van der Waals surface area contributed by atoms with Crippen LogP contribution in [0, 0.1) is 23.4 Å². The highest BCUT2D eigenvalue weighted by atomic mass is 19.2. The fourth-order valence-electron chi connectivity index (χ4n) is 3.25. The third kappa shape index (κ3) is 2.92. The molecule has 3 aromatic heterocycles. The quantitative estimate of drug-likeness (QED) is 0.583. The van der Waals surface area contributed by atoms with E-state index in [1.54, 1.807) is 4.57 Å². The molecule has 1 N–H and O–H groups in total. The van der Waals surface area contributed by atoms with Crippen LogP contribution in [0.4, 0.5) is 13.2 Å². The summed E-state index contributed by atoms with van der Waals surface area (Å²) in [7, 11) is 0. The van der Waals surface area contributed by atoms with Crippen LogP contribution in [-0.4, -0.2) is 24.5 Å². The van der Waals surface area contributed by atoms with Crippen LogP contribution in [0.5, 0.6) is 0 Å². The molecule has 6 nitrogen and oxygen atoms in total. The molecule has 0 aliphatic carbocycles. The number of hydrogen-bond donors (Lipinski definition) is 1. The summed E-state index contributed by atoms with van der Waals surface area (Å²) in [6, 6.07) is 2.15. The normalized spacial score (nSPS) is 11.8. The number of nitrogens with zero attached hydrogens (tertiary/aromatic N) is 4. The molecule has 0 bridgehead atoms. The highest BCUT2D eigenvalue weighted by molar-refractivity contribution is 5.83. The molecule has 0 radical (unpaired) electrons. The fraction of sp³-hybridized carbons (Fsp3) is 0.263. The minimum Gasteiger partial charge on any atom is -0.317 e. The van der Waals surface area contributed by atoms with Crippen molar-refractivity contribution in [3.05, 3.63) is 63.7 Å². The molecule has 144 valence electrons. The topological polar surface area (TPSA) is 76.5 Å². The van der Waals surface area contributed by atoms with Gasteiger partial charge in [-0.15, -0.1) is 0 Å². The van der Waals surface area contributed by atoms with Gasteiger partial charge in [0.25, 0.3) is 5.56 Å². The molecular formula is C19H16F3N5O. The number of aromatic nitrogens is 5. The second-order valence-corrected chi connectivity index (χ2v) is 6.95. The van der Waals surface area contributed by atoms with Crippen LogP contribution in [0.3, 0.4) is 0 Å². The van der Waals surface area contributed by atoms with Crippen molar-refractivity contribution < 1.29 is 13.2 Å². The lowest BCUT2D eigenvalue weighted by molar-refractivity contribution is 0.513. The number of aromatic amines is 1. The van der Waals surface area contributed by atoms with E-state index in [9.17, 15) is 18.0 Å². The molecule has 1 aromatic carbocycles. The SMILES string of the molecule is CC(C)Cc1nc2nccnc2n1Cc1c(F)c(=O)[nH]c2c(F)c(F)ccc12. The van der Waals surface area contributed by atoms with Gasteiger partial charge in [-0.05, 0) is 18.1 Å². The van der Waals surface area contributed by atoms with Crippen LogP contribution in [-0.2, 0) is 13.0 Å². The average molecular weight is 387 g/mol. The zero-order valence-electron chi connectivity index (χ0n) is 15.1. The van der Waals surface area contributed by atoms with Crippen LogP contribution in [0.1, 0.15) is 25.2 Å². The van der Waals surface area contributed by atoms with E-state index in [0.717, 1.165) is 6.07 Å². The number of rotatable bonds is 4. The Kier molecular flexibility index (Phi) is 4.37. The summed E-state index contributed by atoms with van der Waals surface area (Å²) in [6.07, 6.45) is 3.56. The second-order valence-electron chi connectivity index (χ2n) is 6.95. The van der Waals surface area contributed by atoms with Gasteiger partial charge in [0.05, 0.1) is 12.1 Å². The minimum absolute atomic E-state index is 0.0624. The number of imidazole rings is 1. The molecule has 0 unspecified atom stereocenters. The van der Waals surface area contributed by atoms with Gasteiger partial charge in [-0.1, -0.05) is 13.8 Å². The Labute approximate surface area is 157 Å². The van der Waals surface area contributed by atoms with E-state index >= 15 is 0 Å². The Hall–Kier alpha value is -3.23. The number of halogens is 3. The number of nitrogens with one attached hydrogen (secondary N) is 1. The molecule has 9 heteroatoms. The van der Waals surface area contributed by atoms with Gasteiger partial charge in [-0.25, -0.2) is 28.1 Å². The Balaban J connectivity index is 1.97. The summed E-state index contributed by atoms with van der Waals surface area (Å²) in [5.41, 5.74) is -0.735. The molecular weight excluding hydrogens is 371 g/mol. The highest BCUT2D eigenvalue weighted by Gasteiger charge is 2.21. The Morgan fingerprint density at radius 2 is 1.86 bits per heavy atom. The maximum atomic E-state index is 14.7. The molecule has 0 saturated heterocycles. The summed E-state index contributed by atoms with van der Waals surface area (Å²) in [4.78, 5) is 27.0. The maximum absolute atomic E-state index is 14.7. The van der Waals surface area contributed by atoms with Crippen molar-refractivity contribution in [2.45, 2.75) is 26.8 Å². The maximum Gasteiger partial charge on any atom is 0.284 e. The highest BCUT2D eigenvalue weighted by Crippen LogP contribution is 2.25. The lowest BCUT2D eigenvalue weighted by atomic mass is 10.1. The van der Waals surface area contributed by atoms with Crippen LogP contribution in [0.15, 0.2) is 29.3 Å². The lowest BCUT2D eigenvalue weighted by Crippen LogP contribution is -2.18. The monoisotopic (exact) mass is 387 g/mol. The predicted molar refractivity (Wildman–Crippen MR) is 97.4 cm³/mol. The van der Waals surface area contributed by atoms with Crippen LogP contribution in [0.25, 0.3) is 22.2 Å². The van der Waals surface area contributed by atoms with Gasteiger partial charge < -0.3 is 9.55 Å². The number of fused-ring (bicyclic) bond motifs is 2. The van der Waals surface area contributed by atoms with Crippen molar-refractivity contribution in [3.8, 4) is 0 Å². The summed E-state index contributed by atoms with van der Waals surface area (Å²) < 4.78 is 44.1. The number of H-pyrrole nitrogens is 1. The standard InChI is InChI=1S/C19H16F3N5O/c1-9(2)7-13-25-17-18(24-6-5-23-17)27(13)8-11-10-3-4-12(20)15(22)16(10)26-19(28)14(11)21/h3-6,9H,7-8H2,1-2H3,(H,26,28). The van der Waals surface area contributed by atoms with E-state index in [4.69, 9.17) is 0 Å². The molecule has 4 aromatic rings.